The lowest BCUT2D eigenvalue weighted by molar-refractivity contribution is -0.484. The summed E-state index contributed by atoms with van der Waals surface area (Å²) >= 11 is 6.10. The van der Waals surface area contributed by atoms with E-state index in [1.54, 1.807) is 30.3 Å². The molecule has 0 aliphatic carbocycles. The number of carbonyl (C=O) groups is 2. The van der Waals surface area contributed by atoms with Crippen LogP contribution in [0.2, 0.25) is 5.02 Å². The van der Waals surface area contributed by atoms with E-state index in [2.05, 4.69) is 9.47 Å². The molecule has 2 aromatic carbocycles. The Morgan fingerprint density at radius 1 is 1.03 bits per heavy atom. The van der Waals surface area contributed by atoms with Gasteiger partial charge < -0.3 is 14.2 Å². The van der Waals surface area contributed by atoms with Gasteiger partial charge in [-0.2, -0.15) is 0 Å². The van der Waals surface area contributed by atoms with Crippen LogP contribution in [0.3, 0.4) is 0 Å². The second-order valence-electron chi connectivity index (χ2n) is 6.09. The van der Waals surface area contributed by atoms with Gasteiger partial charge >= 0.3 is 11.9 Å². The van der Waals surface area contributed by atoms with Crippen molar-refractivity contribution in [1.82, 2.24) is 0 Å². The van der Waals surface area contributed by atoms with Gasteiger partial charge in [-0.1, -0.05) is 41.9 Å². The number of rotatable bonds is 9. The van der Waals surface area contributed by atoms with E-state index in [0.717, 1.165) is 19.8 Å². The average molecular weight is 422 g/mol. The molecule has 154 valence electrons. The molecule has 0 fully saturated rings. The third kappa shape index (κ3) is 5.92. The molecule has 2 rings (SSSR count). The predicted octanol–water partition coefficient (Wildman–Crippen LogP) is 3.24. The van der Waals surface area contributed by atoms with Crippen LogP contribution in [0.5, 0.6) is 5.75 Å². The van der Waals surface area contributed by atoms with Crippen LogP contribution in [-0.2, 0) is 25.7 Å². The Balaban J connectivity index is 2.23. The molecule has 0 bridgehead atoms. The van der Waals surface area contributed by atoms with Gasteiger partial charge in [-0.3, -0.25) is 19.7 Å². The van der Waals surface area contributed by atoms with Crippen molar-refractivity contribution in [2.45, 2.75) is 12.5 Å². The van der Waals surface area contributed by atoms with Crippen LogP contribution in [0, 0.1) is 16.0 Å². The van der Waals surface area contributed by atoms with Gasteiger partial charge in [0.15, 0.2) is 5.92 Å². The molecule has 0 heterocycles. The van der Waals surface area contributed by atoms with E-state index in [-0.39, 0.29) is 6.61 Å². The molecule has 9 heteroatoms. The van der Waals surface area contributed by atoms with Gasteiger partial charge in [-0.15, -0.1) is 0 Å². The second kappa shape index (κ2) is 10.4. The Bertz CT molecular complexity index is 853. The summed E-state index contributed by atoms with van der Waals surface area (Å²) < 4.78 is 15.0. The van der Waals surface area contributed by atoms with Gasteiger partial charge in [0.2, 0.25) is 6.54 Å². The molecule has 8 nitrogen and oxygen atoms in total. The Hall–Kier alpha value is -3.13. The number of nitro groups is 1. The molecule has 2 aromatic rings. The monoisotopic (exact) mass is 421 g/mol. The zero-order chi connectivity index (χ0) is 21.4. The third-order valence-electron chi connectivity index (χ3n) is 4.32. The molecule has 0 unspecified atom stereocenters. The van der Waals surface area contributed by atoms with Crippen LogP contribution in [0.4, 0.5) is 0 Å². The fraction of sp³-hybridized carbons (Fsp3) is 0.300. The number of carbonyl (C=O) groups excluding carboxylic acids is 2. The van der Waals surface area contributed by atoms with Crippen molar-refractivity contribution >= 4 is 23.5 Å². The van der Waals surface area contributed by atoms with Crippen molar-refractivity contribution in [2.24, 2.45) is 5.92 Å². The molecule has 29 heavy (non-hydrogen) atoms. The van der Waals surface area contributed by atoms with Crippen LogP contribution in [-0.4, -0.2) is 37.6 Å². The first-order chi connectivity index (χ1) is 13.9. The van der Waals surface area contributed by atoms with Crippen molar-refractivity contribution < 1.29 is 28.7 Å². The van der Waals surface area contributed by atoms with E-state index >= 15 is 0 Å². The molecule has 0 saturated heterocycles. The summed E-state index contributed by atoms with van der Waals surface area (Å²) in [6.45, 7) is -0.404. The number of methoxy groups -OCH3 is 2. The fourth-order valence-corrected chi connectivity index (χ4v) is 3.02. The van der Waals surface area contributed by atoms with Crippen LogP contribution < -0.4 is 4.74 Å². The zero-order valence-electron chi connectivity index (χ0n) is 15.9. The summed E-state index contributed by atoms with van der Waals surface area (Å²) in [5, 5.41) is 11.7. The van der Waals surface area contributed by atoms with E-state index in [4.69, 9.17) is 16.3 Å². The summed E-state index contributed by atoms with van der Waals surface area (Å²) in [6.07, 6.45) is 0. The minimum absolute atomic E-state index is 0.240. The highest BCUT2D eigenvalue weighted by Gasteiger charge is 2.40. The second-order valence-corrected chi connectivity index (χ2v) is 6.50. The Kier molecular flexibility index (Phi) is 7.97. The van der Waals surface area contributed by atoms with Crippen molar-refractivity contribution in [2.75, 3.05) is 20.8 Å². The van der Waals surface area contributed by atoms with Gasteiger partial charge in [0, 0.05) is 15.5 Å². The maximum atomic E-state index is 12.1. The standard InChI is InChI=1S/C20H20ClNO7/c1-27-19(23)18(20(24)28-2)16(11-22(25)26)13-7-9-15(10-8-13)29-12-14-5-3-4-6-17(14)21/h3-10,16,18H,11-12H2,1-2H3/t16-/m0/s1. The molecule has 0 aliphatic heterocycles. The number of esters is 2. The molecule has 1 atom stereocenters. The van der Waals surface area contributed by atoms with Crippen LogP contribution in [0.15, 0.2) is 48.5 Å². The summed E-state index contributed by atoms with van der Waals surface area (Å²) in [4.78, 5) is 34.7. The first-order valence-corrected chi connectivity index (χ1v) is 8.98. The SMILES string of the molecule is COC(=O)C(C(=O)OC)[C@@H](C[N+](=O)[O-])c1ccc(OCc2ccccc2Cl)cc1. The largest absolute Gasteiger partial charge is 0.489 e. The minimum atomic E-state index is -1.45. The lowest BCUT2D eigenvalue weighted by Crippen LogP contribution is -2.35. The summed E-state index contributed by atoms with van der Waals surface area (Å²) in [5.74, 6) is -3.81. The van der Waals surface area contributed by atoms with Crippen LogP contribution in [0.1, 0.15) is 17.0 Å². The first-order valence-electron chi connectivity index (χ1n) is 8.61. The fourth-order valence-electron chi connectivity index (χ4n) is 2.83. The quantitative estimate of drug-likeness (QED) is 0.265. The maximum absolute atomic E-state index is 12.1. The molecule has 0 spiro atoms. The molecular weight excluding hydrogens is 402 g/mol. The summed E-state index contributed by atoms with van der Waals surface area (Å²) in [7, 11) is 2.21. The highest BCUT2D eigenvalue weighted by molar-refractivity contribution is 6.31. The third-order valence-corrected chi connectivity index (χ3v) is 4.69. The number of nitrogens with zero attached hydrogens (tertiary/aromatic N) is 1. The van der Waals surface area contributed by atoms with Gasteiger partial charge in [0.05, 0.1) is 20.1 Å². The number of ether oxygens (including phenoxy) is 3. The van der Waals surface area contributed by atoms with E-state index in [0.29, 0.717) is 16.3 Å². The lowest BCUT2D eigenvalue weighted by atomic mass is 9.85. The summed E-state index contributed by atoms with van der Waals surface area (Å²) in [6, 6.07) is 13.6. The molecule has 0 N–H and O–H groups in total. The lowest BCUT2D eigenvalue weighted by Gasteiger charge is -2.21. The molecular formula is C20H20ClNO7. The van der Waals surface area contributed by atoms with E-state index in [1.165, 1.54) is 0 Å². The van der Waals surface area contributed by atoms with Crippen molar-refractivity contribution in [3.63, 3.8) is 0 Å². The molecule has 0 aliphatic rings. The van der Waals surface area contributed by atoms with Gasteiger partial charge in [0.1, 0.15) is 12.4 Å². The number of hydrogen-bond donors (Lipinski definition) is 0. The average Bonchev–Trinajstić information content (AvgIpc) is 2.72. The van der Waals surface area contributed by atoms with Gasteiger partial charge in [0.25, 0.3) is 0 Å². The highest BCUT2D eigenvalue weighted by atomic mass is 35.5. The molecule has 0 radical (unpaired) electrons. The Morgan fingerprint density at radius 3 is 2.14 bits per heavy atom. The van der Waals surface area contributed by atoms with Crippen molar-refractivity contribution in [3.05, 3.63) is 74.8 Å². The molecule has 0 aromatic heterocycles. The van der Waals surface area contributed by atoms with Crippen molar-refractivity contribution in [1.29, 1.82) is 0 Å². The topological polar surface area (TPSA) is 105 Å². The Morgan fingerprint density at radius 2 is 1.62 bits per heavy atom. The smallest absolute Gasteiger partial charge is 0.320 e. The maximum Gasteiger partial charge on any atom is 0.320 e. The number of benzene rings is 2. The first kappa shape index (κ1) is 22.2. The number of hydrogen-bond acceptors (Lipinski definition) is 7. The molecule has 0 saturated carbocycles. The number of halogens is 1. The highest BCUT2D eigenvalue weighted by Crippen LogP contribution is 2.29. The van der Waals surface area contributed by atoms with E-state index in [9.17, 15) is 19.7 Å². The van der Waals surface area contributed by atoms with E-state index in [1.807, 2.05) is 18.2 Å². The van der Waals surface area contributed by atoms with Gasteiger partial charge in [-0.25, -0.2) is 0 Å². The van der Waals surface area contributed by atoms with Gasteiger partial charge in [-0.05, 0) is 23.8 Å². The Labute approximate surface area is 172 Å². The normalized spacial score (nSPS) is 11.6. The van der Waals surface area contributed by atoms with Crippen LogP contribution in [0.25, 0.3) is 0 Å². The summed E-state index contributed by atoms with van der Waals surface area (Å²) in [5.41, 5.74) is 1.22. The molecule has 0 amide bonds. The predicted molar refractivity (Wildman–Crippen MR) is 104 cm³/mol. The van der Waals surface area contributed by atoms with E-state index < -0.39 is 35.2 Å². The minimum Gasteiger partial charge on any atom is -0.489 e. The zero-order valence-corrected chi connectivity index (χ0v) is 16.6. The van der Waals surface area contributed by atoms with Crippen LogP contribution >= 0.6 is 11.6 Å². The van der Waals surface area contributed by atoms with Crippen molar-refractivity contribution in [3.8, 4) is 5.75 Å².